The van der Waals surface area contributed by atoms with Crippen molar-refractivity contribution in [2.45, 2.75) is 80.5 Å². The highest BCUT2D eigenvalue weighted by Gasteiger charge is 2.53. The number of phosphoric ester groups is 3. The summed E-state index contributed by atoms with van der Waals surface area (Å²) in [5.41, 5.74) is 18.2. The Bertz CT molecular complexity index is 3000. The number of aromatic nitrogens is 12. The van der Waals surface area contributed by atoms with E-state index < -0.39 is 117 Å². The van der Waals surface area contributed by atoms with Crippen molar-refractivity contribution in [1.29, 1.82) is 0 Å². The molecule has 6 aromatic heterocycles. The fraction of sp³-hybridized carbons (Fsp3) is 0.516. The molecule has 368 valence electrons. The molecule has 14 atom stereocenters. The number of imidazole rings is 3. The van der Waals surface area contributed by atoms with E-state index in [4.69, 9.17) is 49.5 Å². The first-order valence-corrected chi connectivity index (χ1v) is 24.1. The van der Waals surface area contributed by atoms with Gasteiger partial charge in [0, 0.05) is 0 Å². The Morgan fingerprint density at radius 2 is 0.956 bits per heavy atom. The number of nitrogens with zero attached hydrogens (tertiary/aromatic N) is 12. The summed E-state index contributed by atoms with van der Waals surface area (Å²) in [7, 11) is -15.9. The zero-order valence-electron chi connectivity index (χ0n) is 34.4. The van der Waals surface area contributed by atoms with Crippen molar-refractivity contribution in [3.05, 3.63) is 37.5 Å². The van der Waals surface area contributed by atoms with Gasteiger partial charge in [-0.3, -0.25) is 36.3 Å². The molecule has 0 spiro atoms. The fourth-order valence-corrected chi connectivity index (χ4v) is 9.91. The summed E-state index contributed by atoms with van der Waals surface area (Å²) in [4.78, 5) is 77.2. The summed E-state index contributed by atoms with van der Waals surface area (Å²) in [6.45, 7) is -1.29. The van der Waals surface area contributed by atoms with Crippen LogP contribution in [0, 0.1) is 6.92 Å². The van der Waals surface area contributed by atoms with E-state index in [1.165, 1.54) is 10.9 Å². The average molecular weight is 1020 g/mol. The van der Waals surface area contributed by atoms with Crippen molar-refractivity contribution < 1.29 is 90.5 Å². The number of hydrogen-bond acceptors (Lipinski definition) is 27. The second-order valence-corrected chi connectivity index (χ2v) is 19.3. The van der Waals surface area contributed by atoms with Crippen LogP contribution in [0.15, 0.2) is 31.6 Å². The molecule has 68 heavy (non-hydrogen) atoms. The summed E-state index contributed by atoms with van der Waals surface area (Å²) < 4.78 is 85.6. The van der Waals surface area contributed by atoms with Crippen molar-refractivity contribution in [3.63, 3.8) is 0 Å². The molecule has 6 aromatic rings. The molecule has 2 unspecified atom stereocenters. The van der Waals surface area contributed by atoms with Gasteiger partial charge in [-0.05, 0) is 6.92 Å². The van der Waals surface area contributed by atoms with Gasteiger partial charge in [0.15, 0.2) is 53.1 Å². The molecule has 0 radical (unpaired) electrons. The van der Waals surface area contributed by atoms with E-state index in [2.05, 4.69) is 49.4 Å². The molecule has 9 heterocycles. The Hall–Kier alpha value is -4.90. The summed E-state index contributed by atoms with van der Waals surface area (Å²) >= 11 is 0. The lowest BCUT2D eigenvalue weighted by Gasteiger charge is -2.25. The summed E-state index contributed by atoms with van der Waals surface area (Å²) in [5, 5.41) is 44.6. The van der Waals surface area contributed by atoms with Gasteiger partial charge in [-0.15, -0.1) is 0 Å². The van der Waals surface area contributed by atoms with Gasteiger partial charge < -0.3 is 71.4 Å². The number of rotatable bonds is 16. The number of anilines is 3. The van der Waals surface area contributed by atoms with Crippen LogP contribution in [0.2, 0.25) is 0 Å². The van der Waals surface area contributed by atoms with Gasteiger partial charge in [-0.2, -0.15) is 0 Å². The van der Waals surface area contributed by atoms with Crippen LogP contribution in [0.1, 0.15) is 24.5 Å². The smallest absolute Gasteiger partial charge is 0.387 e. The van der Waals surface area contributed by atoms with Gasteiger partial charge in [0.2, 0.25) is 0 Å². The highest BCUT2D eigenvalue weighted by molar-refractivity contribution is 7.47. The Morgan fingerprint density at radius 3 is 1.43 bits per heavy atom. The molecule has 3 aliphatic heterocycles. The second kappa shape index (κ2) is 18.1. The van der Waals surface area contributed by atoms with Crippen LogP contribution in [0.3, 0.4) is 0 Å². The molecule has 0 saturated carbocycles. The van der Waals surface area contributed by atoms with Gasteiger partial charge in [-0.1, -0.05) is 0 Å². The van der Waals surface area contributed by atoms with E-state index >= 15 is 0 Å². The lowest BCUT2D eigenvalue weighted by molar-refractivity contribution is -0.0644. The number of nitrogen functional groups attached to an aromatic ring is 3. The Balaban J connectivity index is 0.919. The third-order valence-corrected chi connectivity index (χ3v) is 13.3. The molecule has 14 N–H and O–H groups in total. The minimum Gasteiger partial charge on any atom is -0.387 e. The zero-order chi connectivity index (χ0) is 48.6. The topological polar surface area (TPSA) is 496 Å². The molecule has 0 aliphatic carbocycles. The fourth-order valence-electron chi connectivity index (χ4n) is 7.71. The van der Waals surface area contributed by atoms with E-state index in [0.29, 0.717) is 0 Å². The monoisotopic (exact) mass is 1020 g/mol. The summed E-state index contributed by atoms with van der Waals surface area (Å²) in [6, 6.07) is 0. The molecule has 3 fully saturated rings. The number of phosphoric acid groups is 3. The van der Waals surface area contributed by atoms with E-state index in [0.717, 1.165) is 34.4 Å². The Morgan fingerprint density at radius 1 is 0.544 bits per heavy atom. The molecule has 0 amide bonds. The van der Waals surface area contributed by atoms with Crippen LogP contribution in [0.4, 0.5) is 17.5 Å². The number of aliphatic hydroxyl groups excluding tert-OH is 4. The summed E-state index contributed by atoms with van der Waals surface area (Å²) in [6.07, 6.45) is -14.9. The summed E-state index contributed by atoms with van der Waals surface area (Å²) in [5.74, 6) is 0.151. The van der Waals surface area contributed by atoms with Crippen LogP contribution >= 0.6 is 23.5 Å². The molecule has 0 bridgehead atoms. The van der Waals surface area contributed by atoms with E-state index in [-0.39, 0.29) is 56.8 Å². The molecule has 34 nitrogen and oxygen atoms in total. The maximum Gasteiger partial charge on any atom is 0.472 e. The molecule has 0 aromatic carbocycles. The normalized spacial score (nSPS) is 30.7. The van der Waals surface area contributed by atoms with Crippen LogP contribution in [-0.4, -0.2) is 173 Å². The van der Waals surface area contributed by atoms with Crippen molar-refractivity contribution in [1.82, 2.24) is 58.6 Å². The number of aliphatic hydroxyl groups is 4. The van der Waals surface area contributed by atoms with Crippen molar-refractivity contribution in [3.8, 4) is 0 Å². The van der Waals surface area contributed by atoms with Gasteiger partial charge in [0.05, 0.1) is 38.8 Å². The Kier molecular flexibility index (Phi) is 12.8. The van der Waals surface area contributed by atoms with Crippen LogP contribution < -0.4 is 17.2 Å². The number of fused-ring (bicyclic) bond motifs is 3. The maximum atomic E-state index is 13.7. The van der Waals surface area contributed by atoms with E-state index in [1.807, 2.05) is 0 Å². The third kappa shape index (κ3) is 9.29. The maximum absolute atomic E-state index is 13.7. The molecule has 37 heteroatoms. The van der Waals surface area contributed by atoms with Gasteiger partial charge >= 0.3 is 23.5 Å². The van der Waals surface area contributed by atoms with Crippen molar-refractivity contribution in [2.75, 3.05) is 37.0 Å². The second-order valence-electron chi connectivity index (χ2n) is 15.3. The first-order valence-electron chi connectivity index (χ1n) is 19.6. The van der Waals surface area contributed by atoms with E-state index in [1.54, 1.807) is 6.92 Å². The lowest BCUT2D eigenvalue weighted by atomic mass is 10.1. The van der Waals surface area contributed by atoms with E-state index in [9.17, 15) is 53.7 Å². The highest BCUT2D eigenvalue weighted by atomic mass is 31.2. The van der Waals surface area contributed by atoms with Crippen molar-refractivity contribution in [2.24, 2.45) is 0 Å². The van der Waals surface area contributed by atoms with Crippen LogP contribution in [0.5, 0.6) is 0 Å². The number of nitrogens with two attached hydrogens (primary N) is 3. The molecule has 3 saturated heterocycles. The third-order valence-electron chi connectivity index (χ3n) is 10.8. The molecular formula is C31H40N15O19P3. The lowest BCUT2D eigenvalue weighted by Crippen LogP contribution is -2.37. The molecule has 3 aliphatic rings. The molecule has 9 rings (SSSR count). The van der Waals surface area contributed by atoms with Gasteiger partial charge in [-0.25, -0.2) is 58.6 Å². The Labute approximate surface area is 378 Å². The largest absolute Gasteiger partial charge is 0.472 e. The number of aryl methyl sites for hydroxylation is 1. The number of hydrogen-bond donors (Lipinski definition) is 11. The number of ether oxygens (including phenoxy) is 3. The molecular weight excluding hydrogens is 979 g/mol. The zero-order valence-corrected chi connectivity index (χ0v) is 37.1. The predicted molar refractivity (Wildman–Crippen MR) is 219 cm³/mol. The van der Waals surface area contributed by atoms with Crippen LogP contribution in [0.25, 0.3) is 33.5 Å². The van der Waals surface area contributed by atoms with Gasteiger partial charge in [0.25, 0.3) is 0 Å². The standard InChI is InChI=1S/C31H40N15O19P3/c1-10-42-25(34)16-28(43-10)46(9-41-16)29-20(50)17(47)11(61-29)3-59-67(54,55)65-22-19(49)13(63-31(22)45-8-40-15-24(33)36-6-38-27(15)45)4-60-68(56,57)64-21-18(48)12(2-58-66(51,52)53)62-30(21)44-7-39-14-23(32)35-5-37-26(14)44/h5-9,11-13,17-22,29-31,47-50H,2-4H2,1H3,(H,54,55)(H,56,57)(H2,32,35,37)(H2,33,36,38)(H2,34,42,43)(H2,51,52,53)/t11-,12-,13-,17-,18-,19-,20-,21-,22-,29-,30-,31-/m1/s1. The van der Waals surface area contributed by atoms with Gasteiger partial charge in [0.1, 0.15) is 90.0 Å². The quantitative estimate of drug-likeness (QED) is 0.0426. The predicted octanol–water partition coefficient (Wildman–Crippen LogP) is -3.19. The van der Waals surface area contributed by atoms with Crippen molar-refractivity contribution >= 4 is 74.4 Å². The SMILES string of the molecule is Cc1nc(N)c2ncn([C@@H]3O[C@H](COP(=O)(O)O[C@@H]4[C@H](O)[C@@H](COP(=O)(O)O[C@@H]5[C@H](O)[C@@H](COP(=O)(O)O)O[C@H]5n5cnc6c(N)ncnc65)O[C@H]4n4cnc5c(N)ncnc54)[C@@H](O)[C@H]3O)c2n1. The first-order chi connectivity index (χ1) is 32.1. The first kappa shape index (κ1) is 48.1. The highest BCUT2D eigenvalue weighted by Crippen LogP contribution is 2.53. The van der Waals surface area contributed by atoms with Crippen LogP contribution in [-0.2, 0) is 50.5 Å². The minimum absolute atomic E-state index is 0.00851. The average Bonchev–Trinajstić information content (AvgIpc) is 4.13. The minimum atomic E-state index is -5.43.